The molecule has 1 heterocycles. The summed E-state index contributed by atoms with van der Waals surface area (Å²) in [5.74, 6) is -0.196. The molecule has 31 heavy (non-hydrogen) atoms. The van der Waals surface area contributed by atoms with E-state index in [0.29, 0.717) is 12.2 Å². The van der Waals surface area contributed by atoms with Gasteiger partial charge in [0, 0.05) is 29.9 Å². The topological polar surface area (TPSA) is 82.5 Å². The van der Waals surface area contributed by atoms with Gasteiger partial charge >= 0.3 is 5.97 Å². The van der Waals surface area contributed by atoms with E-state index in [-0.39, 0.29) is 5.91 Å². The summed E-state index contributed by atoms with van der Waals surface area (Å²) in [6.07, 6.45) is 3.91. The number of likely N-dealkylation sites (N-methyl/N-ethyl adjacent to an activating group) is 1. The van der Waals surface area contributed by atoms with Crippen LogP contribution in [0.3, 0.4) is 0 Å². The van der Waals surface area contributed by atoms with Crippen LogP contribution in [0, 0.1) is 0 Å². The minimum Gasteiger partial charge on any atom is -0.497 e. The Morgan fingerprint density at radius 2 is 1.84 bits per heavy atom. The Bertz CT molecular complexity index is 1060. The van der Waals surface area contributed by atoms with Crippen molar-refractivity contribution in [2.45, 2.75) is 20.0 Å². The molecule has 1 amide bonds. The number of benzene rings is 2. The van der Waals surface area contributed by atoms with E-state index < -0.39 is 12.1 Å². The van der Waals surface area contributed by atoms with Crippen LogP contribution in [-0.4, -0.2) is 41.4 Å². The van der Waals surface area contributed by atoms with Gasteiger partial charge in [-0.25, -0.2) is 9.48 Å². The number of nitrogens with one attached hydrogen (secondary N) is 1. The molecule has 2 aromatic carbocycles. The Kier molecular flexibility index (Phi) is 7.22. The molecule has 0 saturated heterocycles. The number of rotatable bonds is 8. The van der Waals surface area contributed by atoms with E-state index >= 15 is 0 Å². The van der Waals surface area contributed by atoms with Crippen LogP contribution in [0.2, 0.25) is 0 Å². The molecule has 0 aliphatic heterocycles. The van der Waals surface area contributed by atoms with Crippen molar-refractivity contribution < 1.29 is 19.1 Å². The highest BCUT2D eigenvalue weighted by molar-refractivity contribution is 5.91. The Morgan fingerprint density at radius 1 is 1.13 bits per heavy atom. The highest BCUT2D eigenvalue weighted by Gasteiger charge is 2.16. The molecule has 1 aromatic heterocycles. The van der Waals surface area contributed by atoms with Crippen molar-refractivity contribution in [1.82, 2.24) is 15.1 Å². The molecule has 1 N–H and O–H groups in total. The molecular formula is C24H25N3O4. The minimum absolute atomic E-state index is 0.333. The summed E-state index contributed by atoms with van der Waals surface area (Å²) in [5.41, 5.74) is 3.20. The van der Waals surface area contributed by atoms with Crippen LogP contribution < -0.4 is 10.1 Å². The number of aromatic nitrogens is 2. The summed E-state index contributed by atoms with van der Waals surface area (Å²) in [6.45, 7) is 3.81. The average Bonchev–Trinajstić information content (AvgIpc) is 3.23. The molecule has 0 radical (unpaired) electrons. The van der Waals surface area contributed by atoms with Crippen LogP contribution in [0.1, 0.15) is 19.4 Å². The maximum absolute atomic E-state index is 12.2. The van der Waals surface area contributed by atoms with Crippen LogP contribution in [0.5, 0.6) is 5.75 Å². The number of esters is 1. The van der Waals surface area contributed by atoms with Gasteiger partial charge in [0.2, 0.25) is 0 Å². The molecule has 0 bridgehead atoms. The molecular weight excluding hydrogens is 394 g/mol. The molecule has 1 atom stereocenters. The van der Waals surface area contributed by atoms with Crippen LogP contribution in [0.15, 0.2) is 66.9 Å². The van der Waals surface area contributed by atoms with Crippen LogP contribution in [0.4, 0.5) is 0 Å². The van der Waals surface area contributed by atoms with Gasteiger partial charge in [0.25, 0.3) is 5.91 Å². The van der Waals surface area contributed by atoms with Crippen molar-refractivity contribution in [3.63, 3.8) is 0 Å². The van der Waals surface area contributed by atoms with Gasteiger partial charge in [-0.05, 0) is 56.3 Å². The number of carbonyl (C=O) groups is 2. The van der Waals surface area contributed by atoms with Gasteiger partial charge in [-0.1, -0.05) is 18.2 Å². The van der Waals surface area contributed by atoms with Gasteiger partial charge in [-0.15, -0.1) is 0 Å². The van der Waals surface area contributed by atoms with Gasteiger partial charge in [0.1, 0.15) is 5.75 Å². The summed E-state index contributed by atoms with van der Waals surface area (Å²) >= 11 is 0. The van der Waals surface area contributed by atoms with Crippen LogP contribution in [-0.2, 0) is 14.3 Å². The number of carbonyl (C=O) groups excluding carboxylic acids is 2. The largest absolute Gasteiger partial charge is 0.497 e. The third kappa shape index (κ3) is 5.60. The van der Waals surface area contributed by atoms with Crippen molar-refractivity contribution in [3.8, 4) is 22.7 Å². The second-order valence-corrected chi connectivity index (χ2v) is 6.75. The third-order valence-electron chi connectivity index (χ3n) is 4.54. The lowest BCUT2D eigenvalue weighted by Gasteiger charge is -2.10. The first-order valence-corrected chi connectivity index (χ1v) is 9.97. The van der Waals surface area contributed by atoms with Crippen LogP contribution >= 0.6 is 0 Å². The summed E-state index contributed by atoms with van der Waals surface area (Å²) in [5, 5.41) is 7.33. The fourth-order valence-corrected chi connectivity index (χ4v) is 2.94. The summed E-state index contributed by atoms with van der Waals surface area (Å²) in [4.78, 5) is 24.0. The van der Waals surface area contributed by atoms with E-state index in [9.17, 15) is 9.59 Å². The Balaban J connectivity index is 1.88. The molecule has 7 nitrogen and oxygen atoms in total. The maximum Gasteiger partial charge on any atom is 0.331 e. The second-order valence-electron chi connectivity index (χ2n) is 6.75. The van der Waals surface area contributed by atoms with Crippen molar-refractivity contribution >= 4 is 18.0 Å². The zero-order valence-electron chi connectivity index (χ0n) is 17.7. The molecule has 0 spiro atoms. The number of hydrogen-bond acceptors (Lipinski definition) is 5. The van der Waals surface area contributed by atoms with E-state index in [1.54, 1.807) is 24.8 Å². The molecule has 0 saturated carbocycles. The summed E-state index contributed by atoms with van der Waals surface area (Å²) in [7, 11) is 1.61. The highest BCUT2D eigenvalue weighted by Crippen LogP contribution is 2.26. The average molecular weight is 419 g/mol. The van der Waals surface area contributed by atoms with Gasteiger partial charge in [-0.3, -0.25) is 4.79 Å². The van der Waals surface area contributed by atoms with Gasteiger partial charge < -0.3 is 14.8 Å². The molecule has 0 aliphatic rings. The van der Waals surface area contributed by atoms with Crippen LogP contribution in [0.25, 0.3) is 23.0 Å². The molecule has 0 aliphatic carbocycles. The molecule has 160 valence electrons. The molecule has 0 fully saturated rings. The van der Waals surface area contributed by atoms with Crippen molar-refractivity contribution in [1.29, 1.82) is 0 Å². The fourth-order valence-electron chi connectivity index (χ4n) is 2.94. The van der Waals surface area contributed by atoms with Gasteiger partial charge in [0.15, 0.2) is 6.10 Å². The monoisotopic (exact) mass is 419 g/mol. The summed E-state index contributed by atoms with van der Waals surface area (Å²) in [6, 6.07) is 17.2. The second kappa shape index (κ2) is 10.2. The highest BCUT2D eigenvalue weighted by atomic mass is 16.5. The van der Waals surface area contributed by atoms with Crippen molar-refractivity contribution in [3.05, 3.63) is 72.4 Å². The SMILES string of the molecule is CCNC(=O)[C@@H](C)OC(=O)/C=C/c1cn(-c2ccccc2)nc1-c1ccc(OC)cc1. The van der Waals surface area contributed by atoms with E-state index in [2.05, 4.69) is 5.32 Å². The number of amides is 1. The Hall–Kier alpha value is -3.87. The summed E-state index contributed by atoms with van der Waals surface area (Å²) < 4.78 is 12.2. The minimum atomic E-state index is -0.870. The molecule has 0 unspecified atom stereocenters. The zero-order chi connectivity index (χ0) is 22.2. The van der Waals surface area contributed by atoms with E-state index in [1.807, 2.05) is 60.8 Å². The quantitative estimate of drug-likeness (QED) is 0.445. The zero-order valence-corrected chi connectivity index (χ0v) is 17.7. The predicted octanol–water partition coefficient (Wildman–Crippen LogP) is 3.63. The van der Waals surface area contributed by atoms with Gasteiger partial charge in [0.05, 0.1) is 18.5 Å². The standard InChI is InChI=1S/C24H25N3O4/c1-4-25-24(29)17(2)31-22(28)15-12-19-16-27(20-8-6-5-7-9-20)26-23(19)18-10-13-21(30-3)14-11-18/h5-17H,4H2,1-3H3,(H,25,29)/b15-12+/t17-/m1/s1. The lowest BCUT2D eigenvalue weighted by Crippen LogP contribution is -2.35. The number of nitrogens with zero attached hydrogens (tertiary/aromatic N) is 2. The molecule has 7 heteroatoms. The first-order valence-electron chi connectivity index (χ1n) is 9.97. The third-order valence-corrected chi connectivity index (χ3v) is 4.54. The first-order chi connectivity index (χ1) is 15.0. The number of ether oxygens (including phenoxy) is 2. The van der Waals surface area contributed by atoms with Crippen molar-refractivity contribution in [2.24, 2.45) is 0 Å². The van der Waals surface area contributed by atoms with E-state index in [4.69, 9.17) is 14.6 Å². The smallest absolute Gasteiger partial charge is 0.331 e. The predicted molar refractivity (Wildman–Crippen MR) is 119 cm³/mol. The number of hydrogen-bond donors (Lipinski definition) is 1. The molecule has 3 rings (SSSR count). The first kappa shape index (κ1) is 21.8. The molecule has 3 aromatic rings. The normalized spacial score (nSPS) is 11.8. The Morgan fingerprint density at radius 3 is 2.48 bits per heavy atom. The maximum atomic E-state index is 12.2. The van der Waals surface area contributed by atoms with E-state index in [0.717, 1.165) is 22.6 Å². The number of para-hydroxylation sites is 1. The lowest BCUT2D eigenvalue weighted by molar-refractivity contribution is -0.150. The fraction of sp³-hybridized carbons (Fsp3) is 0.208. The van der Waals surface area contributed by atoms with Crippen molar-refractivity contribution in [2.75, 3.05) is 13.7 Å². The van der Waals surface area contributed by atoms with E-state index in [1.165, 1.54) is 13.0 Å². The Labute approximate surface area is 181 Å². The number of methoxy groups -OCH3 is 1. The van der Waals surface area contributed by atoms with Gasteiger partial charge in [-0.2, -0.15) is 5.10 Å². The lowest BCUT2D eigenvalue weighted by atomic mass is 10.1.